The van der Waals surface area contributed by atoms with E-state index in [0.29, 0.717) is 11.3 Å². The van der Waals surface area contributed by atoms with E-state index < -0.39 is 0 Å². The first-order valence-corrected chi connectivity index (χ1v) is 8.98. The van der Waals surface area contributed by atoms with Crippen molar-refractivity contribution in [2.24, 2.45) is 0 Å². The third kappa shape index (κ3) is 4.18. The fraction of sp³-hybridized carbons (Fsp3) is 0.158. The number of rotatable bonds is 5. The fourth-order valence-electron chi connectivity index (χ4n) is 2.43. The van der Waals surface area contributed by atoms with Gasteiger partial charge in [0.25, 0.3) is 5.91 Å². The maximum Gasteiger partial charge on any atom is 0.253 e. The molecule has 3 aromatic rings. The highest BCUT2D eigenvalue weighted by Gasteiger charge is 2.11. The van der Waals surface area contributed by atoms with E-state index in [1.807, 2.05) is 24.3 Å². The number of nitrogens with one attached hydrogen (secondary N) is 1. The highest BCUT2D eigenvalue weighted by molar-refractivity contribution is 8.00. The van der Waals surface area contributed by atoms with Gasteiger partial charge in [0, 0.05) is 36.1 Å². The van der Waals surface area contributed by atoms with Crippen LogP contribution >= 0.6 is 11.8 Å². The Morgan fingerprint density at radius 3 is 2.73 bits per heavy atom. The number of fused-ring (bicyclic) bond motifs is 1. The maximum atomic E-state index is 12.3. The van der Waals surface area contributed by atoms with Gasteiger partial charge in [-0.3, -0.25) is 9.59 Å². The van der Waals surface area contributed by atoms with E-state index in [4.69, 9.17) is 0 Å². The van der Waals surface area contributed by atoms with Crippen molar-refractivity contribution in [1.29, 1.82) is 0 Å². The van der Waals surface area contributed by atoms with E-state index in [9.17, 15) is 9.59 Å². The molecular weight excluding hydrogens is 348 g/mol. The predicted molar refractivity (Wildman–Crippen MR) is 103 cm³/mol. The second kappa shape index (κ2) is 7.97. The van der Waals surface area contributed by atoms with E-state index in [1.165, 1.54) is 16.7 Å². The topological polar surface area (TPSA) is 75.2 Å². The van der Waals surface area contributed by atoms with Crippen molar-refractivity contribution in [1.82, 2.24) is 15.1 Å². The lowest BCUT2D eigenvalue weighted by Crippen LogP contribution is -2.22. The van der Waals surface area contributed by atoms with Crippen molar-refractivity contribution >= 4 is 40.0 Å². The molecule has 0 atom stereocenters. The number of nitrogens with zero attached hydrogens (tertiary/aromatic N) is 3. The number of anilines is 1. The van der Waals surface area contributed by atoms with Crippen molar-refractivity contribution in [3.8, 4) is 0 Å². The first-order chi connectivity index (χ1) is 12.5. The molecule has 7 heteroatoms. The lowest BCUT2D eigenvalue weighted by atomic mass is 10.2. The SMILES string of the molecule is CN(C)C(=O)c1cccc(NC(=O)CSc2nncc3ccccc23)c1. The van der Waals surface area contributed by atoms with Crippen molar-refractivity contribution in [3.05, 3.63) is 60.3 Å². The summed E-state index contributed by atoms with van der Waals surface area (Å²) in [6.45, 7) is 0. The molecule has 132 valence electrons. The lowest BCUT2D eigenvalue weighted by molar-refractivity contribution is -0.113. The van der Waals surface area contributed by atoms with Gasteiger partial charge >= 0.3 is 0 Å². The Balaban J connectivity index is 1.66. The van der Waals surface area contributed by atoms with Crippen LogP contribution in [0.25, 0.3) is 10.8 Å². The van der Waals surface area contributed by atoms with E-state index in [-0.39, 0.29) is 17.6 Å². The van der Waals surface area contributed by atoms with Crippen LogP contribution in [0.3, 0.4) is 0 Å². The molecule has 0 fully saturated rings. The molecule has 26 heavy (non-hydrogen) atoms. The number of aromatic nitrogens is 2. The van der Waals surface area contributed by atoms with Crippen LogP contribution in [0, 0.1) is 0 Å². The lowest BCUT2D eigenvalue weighted by Gasteiger charge is -2.11. The largest absolute Gasteiger partial charge is 0.345 e. The third-order valence-corrected chi connectivity index (χ3v) is 4.66. The molecule has 0 saturated carbocycles. The molecule has 0 radical (unpaired) electrons. The van der Waals surface area contributed by atoms with Crippen molar-refractivity contribution in [3.63, 3.8) is 0 Å². The zero-order chi connectivity index (χ0) is 18.5. The van der Waals surface area contributed by atoms with Gasteiger partial charge in [-0.05, 0) is 18.2 Å². The molecule has 0 bridgehead atoms. The molecule has 2 amide bonds. The van der Waals surface area contributed by atoms with E-state index in [1.54, 1.807) is 44.6 Å². The van der Waals surface area contributed by atoms with Gasteiger partial charge < -0.3 is 10.2 Å². The van der Waals surface area contributed by atoms with Gasteiger partial charge in [-0.1, -0.05) is 42.1 Å². The molecule has 6 nitrogen and oxygen atoms in total. The van der Waals surface area contributed by atoms with Crippen LogP contribution in [-0.4, -0.2) is 46.8 Å². The zero-order valence-electron chi connectivity index (χ0n) is 14.5. The van der Waals surface area contributed by atoms with Crippen molar-refractivity contribution < 1.29 is 9.59 Å². The number of carbonyl (C=O) groups is 2. The molecule has 1 heterocycles. The van der Waals surface area contributed by atoms with E-state index in [2.05, 4.69) is 15.5 Å². The quantitative estimate of drug-likeness (QED) is 0.703. The molecule has 1 N–H and O–H groups in total. The molecule has 3 rings (SSSR count). The van der Waals surface area contributed by atoms with E-state index in [0.717, 1.165) is 15.8 Å². The molecule has 0 saturated heterocycles. The average Bonchev–Trinajstić information content (AvgIpc) is 2.65. The second-order valence-electron chi connectivity index (χ2n) is 5.85. The van der Waals surface area contributed by atoms with Gasteiger partial charge in [0.05, 0.1) is 11.9 Å². The molecule has 0 spiro atoms. The zero-order valence-corrected chi connectivity index (χ0v) is 15.3. The van der Waals surface area contributed by atoms with Crippen LogP contribution < -0.4 is 5.32 Å². The van der Waals surface area contributed by atoms with Gasteiger partial charge in [0.1, 0.15) is 5.03 Å². The Labute approximate surface area is 155 Å². The van der Waals surface area contributed by atoms with Crippen LogP contribution in [0.15, 0.2) is 59.8 Å². The first-order valence-electron chi connectivity index (χ1n) is 7.99. The first kappa shape index (κ1) is 17.9. The Kier molecular flexibility index (Phi) is 5.48. The smallest absolute Gasteiger partial charge is 0.253 e. The second-order valence-corrected chi connectivity index (χ2v) is 6.82. The van der Waals surface area contributed by atoms with Crippen LogP contribution in [-0.2, 0) is 4.79 Å². The van der Waals surface area contributed by atoms with Gasteiger partial charge in [-0.25, -0.2) is 0 Å². The summed E-state index contributed by atoms with van der Waals surface area (Å²) in [5.41, 5.74) is 1.12. The number of thioether (sulfide) groups is 1. The van der Waals surface area contributed by atoms with Gasteiger partial charge in [0.2, 0.25) is 5.91 Å². The Hall–Kier alpha value is -2.93. The summed E-state index contributed by atoms with van der Waals surface area (Å²) in [5.74, 6) is -0.0742. The molecular formula is C19H18N4O2S. The van der Waals surface area contributed by atoms with Gasteiger partial charge in [-0.15, -0.1) is 5.10 Å². The number of amides is 2. The van der Waals surface area contributed by atoms with E-state index >= 15 is 0 Å². The van der Waals surface area contributed by atoms with Crippen LogP contribution in [0.2, 0.25) is 0 Å². The van der Waals surface area contributed by atoms with Crippen LogP contribution in [0.5, 0.6) is 0 Å². The standard InChI is InChI=1S/C19H18N4O2S/c1-23(2)19(25)13-7-5-8-15(10-13)21-17(24)12-26-18-16-9-4-3-6-14(16)11-20-22-18/h3-11H,12H2,1-2H3,(H,21,24). The molecule has 1 aromatic heterocycles. The Morgan fingerprint density at radius 2 is 1.92 bits per heavy atom. The average molecular weight is 366 g/mol. The Bertz CT molecular complexity index is 954. The van der Waals surface area contributed by atoms with Crippen LogP contribution in [0.4, 0.5) is 5.69 Å². The number of benzene rings is 2. The predicted octanol–water partition coefficient (Wildman–Crippen LogP) is 3.06. The molecule has 0 unspecified atom stereocenters. The summed E-state index contributed by atoms with van der Waals surface area (Å²) in [6.07, 6.45) is 1.70. The minimum Gasteiger partial charge on any atom is -0.345 e. The highest BCUT2D eigenvalue weighted by atomic mass is 32.2. The Morgan fingerprint density at radius 1 is 1.12 bits per heavy atom. The number of hydrogen-bond acceptors (Lipinski definition) is 5. The molecule has 0 aliphatic heterocycles. The molecule has 0 aliphatic carbocycles. The van der Waals surface area contributed by atoms with Gasteiger partial charge in [0.15, 0.2) is 0 Å². The summed E-state index contributed by atoms with van der Waals surface area (Å²) >= 11 is 1.33. The summed E-state index contributed by atoms with van der Waals surface area (Å²) < 4.78 is 0. The van der Waals surface area contributed by atoms with Gasteiger partial charge in [-0.2, -0.15) is 5.10 Å². The third-order valence-electron chi connectivity index (χ3n) is 3.68. The summed E-state index contributed by atoms with van der Waals surface area (Å²) in [7, 11) is 3.38. The van der Waals surface area contributed by atoms with Crippen molar-refractivity contribution in [2.75, 3.05) is 25.2 Å². The normalized spacial score (nSPS) is 10.5. The maximum absolute atomic E-state index is 12.3. The summed E-state index contributed by atoms with van der Waals surface area (Å²) in [6, 6.07) is 14.7. The minimum atomic E-state index is -0.167. The highest BCUT2D eigenvalue weighted by Crippen LogP contribution is 2.24. The van der Waals surface area contributed by atoms with Crippen molar-refractivity contribution in [2.45, 2.75) is 5.03 Å². The summed E-state index contributed by atoms with van der Waals surface area (Å²) in [4.78, 5) is 25.8. The molecule has 2 aromatic carbocycles. The molecule has 0 aliphatic rings. The fourth-order valence-corrected chi connectivity index (χ4v) is 3.21. The monoisotopic (exact) mass is 366 g/mol. The minimum absolute atomic E-state index is 0.110. The number of carbonyl (C=O) groups excluding carboxylic acids is 2. The summed E-state index contributed by atoms with van der Waals surface area (Å²) in [5, 5.41) is 13.6. The van der Waals surface area contributed by atoms with Crippen LogP contribution in [0.1, 0.15) is 10.4 Å². The number of hydrogen-bond donors (Lipinski definition) is 1.